The van der Waals surface area contributed by atoms with Gasteiger partial charge in [0, 0.05) is 22.9 Å². The molecule has 31 heavy (non-hydrogen) atoms. The summed E-state index contributed by atoms with van der Waals surface area (Å²) in [7, 11) is 3.01. The number of carbonyl (C=O) groups is 2. The van der Waals surface area contributed by atoms with Crippen LogP contribution in [0.4, 0.5) is 5.69 Å². The standard InChI is InChI=1S/C21H23ClN2O6S/c1-28-15-4-3-5-16(29-2)20(15)30-11-13(25)10-23-19(26)9-18-21(27)24-14-8-12(22)6-7-17(14)31-18/h3-8,13,18,25H,9-11H2,1-2H3,(H,23,26)(H,24,27). The van der Waals surface area contributed by atoms with Crippen molar-refractivity contribution < 1.29 is 28.9 Å². The summed E-state index contributed by atoms with van der Waals surface area (Å²) in [5, 5.41) is 15.5. The Kier molecular flexibility index (Phi) is 7.89. The van der Waals surface area contributed by atoms with Gasteiger partial charge in [-0.1, -0.05) is 17.7 Å². The van der Waals surface area contributed by atoms with Gasteiger partial charge in [0.15, 0.2) is 11.5 Å². The van der Waals surface area contributed by atoms with Gasteiger partial charge in [0.25, 0.3) is 0 Å². The van der Waals surface area contributed by atoms with Crippen LogP contribution in [0.25, 0.3) is 0 Å². The van der Waals surface area contributed by atoms with Crippen molar-refractivity contribution in [2.45, 2.75) is 22.7 Å². The lowest BCUT2D eigenvalue weighted by molar-refractivity contribution is -0.124. The van der Waals surface area contributed by atoms with E-state index < -0.39 is 11.4 Å². The van der Waals surface area contributed by atoms with Gasteiger partial charge in [-0.25, -0.2) is 0 Å². The van der Waals surface area contributed by atoms with Crippen molar-refractivity contribution in [2.24, 2.45) is 0 Å². The highest BCUT2D eigenvalue weighted by Gasteiger charge is 2.29. The minimum atomic E-state index is -0.964. The van der Waals surface area contributed by atoms with Gasteiger partial charge in [-0.15, -0.1) is 11.8 Å². The lowest BCUT2D eigenvalue weighted by Crippen LogP contribution is -2.39. The summed E-state index contributed by atoms with van der Waals surface area (Å²) in [6, 6.07) is 10.4. The SMILES string of the molecule is COc1cccc(OC)c1OCC(O)CNC(=O)CC1Sc2ccc(Cl)cc2NC1=O. The van der Waals surface area contributed by atoms with Crippen molar-refractivity contribution in [3.8, 4) is 17.2 Å². The minimum Gasteiger partial charge on any atom is -0.493 e. The maximum Gasteiger partial charge on any atom is 0.238 e. The van der Waals surface area contributed by atoms with Gasteiger partial charge in [-0.2, -0.15) is 0 Å². The number of aliphatic hydroxyl groups excluding tert-OH is 1. The van der Waals surface area contributed by atoms with E-state index in [0.717, 1.165) is 4.90 Å². The Bertz CT molecular complexity index is 935. The fourth-order valence-corrected chi connectivity index (χ4v) is 4.19. The molecule has 1 aliphatic heterocycles. The molecule has 10 heteroatoms. The summed E-state index contributed by atoms with van der Waals surface area (Å²) < 4.78 is 16.1. The molecule has 0 spiro atoms. The molecule has 1 aliphatic rings. The van der Waals surface area contributed by atoms with E-state index in [-0.39, 0.29) is 31.4 Å². The van der Waals surface area contributed by atoms with Crippen LogP contribution in [0.5, 0.6) is 17.2 Å². The van der Waals surface area contributed by atoms with Crippen LogP contribution in [0.15, 0.2) is 41.3 Å². The van der Waals surface area contributed by atoms with Crippen LogP contribution in [0.3, 0.4) is 0 Å². The van der Waals surface area contributed by atoms with E-state index in [1.54, 1.807) is 36.4 Å². The number of halogens is 1. The fourth-order valence-electron chi connectivity index (χ4n) is 2.93. The number of anilines is 1. The minimum absolute atomic E-state index is 0.0214. The Balaban J connectivity index is 1.48. The molecule has 2 aromatic carbocycles. The predicted molar refractivity (Wildman–Crippen MR) is 118 cm³/mol. The number of benzene rings is 2. The molecule has 3 rings (SSSR count). The van der Waals surface area contributed by atoms with Crippen molar-refractivity contribution in [1.29, 1.82) is 0 Å². The molecule has 0 aromatic heterocycles. The third kappa shape index (κ3) is 5.96. The number of carbonyl (C=O) groups excluding carboxylic acids is 2. The van der Waals surface area contributed by atoms with Gasteiger partial charge in [0.05, 0.1) is 25.2 Å². The summed E-state index contributed by atoms with van der Waals surface area (Å²) in [5.41, 5.74) is 0.637. The van der Waals surface area contributed by atoms with E-state index >= 15 is 0 Å². The van der Waals surface area contributed by atoms with Crippen molar-refractivity contribution in [3.05, 3.63) is 41.4 Å². The molecular formula is C21H23ClN2O6S. The number of hydrogen-bond acceptors (Lipinski definition) is 7. The number of rotatable bonds is 9. The van der Waals surface area contributed by atoms with Crippen molar-refractivity contribution in [2.75, 3.05) is 32.7 Å². The fraction of sp³-hybridized carbons (Fsp3) is 0.333. The molecular weight excluding hydrogens is 444 g/mol. The van der Waals surface area contributed by atoms with Gasteiger partial charge in [-0.05, 0) is 30.3 Å². The largest absolute Gasteiger partial charge is 0.493 e. The first-order valence-corrected chi connectivity index (χ1v) is 10.7. The highest BCUT2D eigenvalue weighted by Crippen LogP contribution is 2.38. The van der Waals surface area contributed by atoms with Crippen LogP contribution in [0, 0.1) is 0 Å². The Hall–Kier alpha value is -2.62. The predicted octanol–water partition coefficient (Wildman–Crippen LogP) is 2.72. The van der Waals surface area contributed by atoms with Crippen molar-refractivity contribution in [3.63, 3.8) is 0 Å². The lowest BCUT2D eigenvalue weighted by atomic mass is 10.2. The number of methoxy groups -OCH3 is 2. The van der Waals surface area contributed by atoms with E-state index in [0.29, 0.717) is 28.0 Å². The van der Waals surface area contributed by atoms with Gasteiger partial charge in [0.1, 0.15) is 12.7 Å². The van der Waals surface area contributed by atoms with E-state index in [1.807, 2.05) is 0 Å². The smallest absolute Gasteiger partial charge is 0.238 e. The number of fused-ring (bicyclic) bond motifs is 1. The second-order valence-corrected chi connectivity index (χ2v) is 8.38. The van der Waals surface area contributed by atoms with Crippen LogP contribution >= 0.6 is 23.4 Å². The molecule has 0 aliphatic carbocycles. The Morgan fingerprint density at radius 3 is 2.65 bits per heavy atom. The number of thioether (sulfide) groups is 1. The van der Waals surface area contributed by atoms with Crippen LogP contribution in [-0.4, -0.2) is 55.6 Å². The first-order valence-electron chi connectivity index (χ1n) is 9.47. The number of ether oxygens (including phenoxy) is 3. The van der Waals surface area contributed by atoms with Crippen LogP contribution in [0.1, 0.15) is 6.42 Å². The maximum absolute atomic E-state index is 12.3. The number of amides is 2. The van der Waals surface area contributed by atoms with E-state index in [1.165, 1.54) is 26.0 Å². The average Bonchev–Trinajstić information content (AvgIpc) is 2.76. The van der Waals surface area contributed by atoms with E-state index in [2.05, 4.69) is 10.6 Å². The topological polar surface area (TPSA) is 106 Å². The molecule has 166 valence electrons. The average molecular weight is 467 g/mol. The van der Waals surface area contributed by atoms with Gasteiger partial charge in [0.2, 0.25) is 17.6 Å². The van der Waals surface area contributed by atoms with E-state index in [4.69, 9.17) is 25.8 Å². The van der Waals surface area contributed by atoms with Crippen LogP contribution < -0.4 is 24.8 Å². The summed E-state index contributed by atoms with van der Waals surface area (Å²) >= 11 is 7.25. The van der Waals surface area contributed by atoms with Crippen molar-refractivity contribution in [1.82, 2.24) is 5.32 Å². The zero-order valence-electron chi connectivity index (χ0n) is 17.0. The molecule has 0 saturated carbocycles. The number of nitrogens with one attached hydrogen (secondary N) is 2. The van der Waals surface area contributed by atoms with Crippen molar-refractivity contribution >= 4 is 40.9 Å². The first kappa shape index (κ1) is 23.1. The summed E-state index contributed by atoms with van der Waals surface area (Å²) in [6.07, 6.45) is -0.985. The Morgan fingerprint density at radius 1 is 1.26 bits per heavy atom. The third-order valence-electron chi connectivity index (χ3n) is 4.47. The van der Waals surface area contributed by atoms with E-state index in [9.17, 15) is 14.7 Å². The number of para-hydroxylation sites is 1. The molecule has 2 aromatic rings. The summed E-state index contributed by atoms with van der Waals surface area (Å²) in [6.45, 7) is -0.106. The number of aliphatic hydroxyl groups is 1. The molecule has 2 amide bonds. The van der Waals surface area contributed by atoms with Crippen LogP contribution in [0.2, 0.25) is 5.02 Å². The van der Waals surface area contributed by atoms with Gasteiger partial charge >= 0.3 is 0 Å². The van der Waals surface area contributed by atoms with Crippen LogP contribution in [-0.2, 0) is 9.59 Å². The third-order valence-corrected chi connectivity index (χ3v) is 5.98. The highest BCUT2D eigenvalue weighted by atomic mass is 35.5. The Labute approximate surface area is 189 Å². The first-order chi connectivity index (χ1) is 14.9. The zero-order valence-corrected chi connectivity index (χ0v) is 18.6. The molecule has 0 radical (unpaired) electrons. The molecule has 1 heterocycles. The quantitative estimate of drug-likeness (QED) is 0.521. The molecule has 2 unspecified atom stereocenters. The summed E-state index contributed by atoms with van der Waals surface area (Å²) in [4.78, 5) is 25.4. The highest BCUT2D eigenvalue weighted by molar-refractivity contribution is 8.01. The molecule has 0 fully saturated rings. The number of hydrogen-bond donors (Lipinski definition) is 3. The zero-order chi connectivity index (χ0) is 22.4. The second kappa shape index (κ2) is 10.6. The molecule has 0 saturated heterocycles. The molecule has 0 bridgehead atoms. The molecule has 8 nitrogen and oxygen atoms in total. The van der Waals surface area contributed by atoms with Gasteiger partial charge in [-0.3, -0.25) is 9.59 Å². The van der Waals surface area contributed by atoms with Gasteiger partial charge < -0.3 is 30.0 Å². The maximum atomic E-state index is 12.3. The Morgan fingerprint density at radius 2 is 1.97 bits per heavy atom. The molecule has 2 atom stereocenters. The molecule has 3 N–H and O–H groups in total. The normalized spacial score (nSPS) is 16.0. The summed E-state index contributed by atoms with van der Waals surface area (Å²) in [5.74, 6) is 0.697. The monoisotopic (exact) mass is 466 g/mol. The second-order valence-electron chi connectivity index (χ2n) is 6.70. The lowest BCUT2D eigenvalue weighted by Gasteiger charge is -2.24.